The summed E-state index contributed by atoms with van der Waals surface area (Å²) in [6.07, 6.45) is 3.57. The number of esters is 2. The van der Waals surface area contributed by atoms with E-state index in [1.165, 1.54) is 6.92 Å². The van der Waals surface area contributed by atoms with Crippen LogP contribution in [0.3, 0.4) is 0 Å². The zero-order valence-electron chi connectivity index (χ0n) is 17.3. The lowest BCUT2D eigenvalue weighted by atomic mass is 10.0. The third-order valence-corrected chi connectivity index (χ3v) is 4.45. The molecule has 0 aliphatic carbocycles. The van der Waals surface area contributed by atoms with Crippen LogP contribution in [0, 0.1) is 11.3 Å². The van der Waals surface area contributed by atoms with Crippen LogP contribution in [0.5, 0.6) is 5.75 Å². The molecule has 0 spiro atoms. The molecule has 0 radical (unpaired) electrons. The zero-order chi connectivity index (χ0) is 22.2. The minimum atomic E-state index is -0.375. The largest absolute Gasteiger partial charge is 0.489 e. The summed E-state index contributed by atoms with van der Waals surface area (Å²) in [5, 5.41) is 9.66. The number of hydrogen-bond donors (Lipinski definition) is 0. The van der Waals surface area contributed by atoms with Gasteiger partial charge in [0.25, 0.3) is 0 Å². The third-order valence-electron chi connectivity index (χ3n) is 4.45. The highest BCUT2D eigenvalue weighted by atomic mass is 16.6. The number of carbonyl (C=O) groups is 2. The van der Waals surface area contributed by atoms with Gasteiger partial charge in [0.2, 0.25) is 0 Å². The van der Waals surface area contributed by atoms with Crippen molar-refractivity contribution in [2.75, 3.05) is 19.8 Å². The van der Waals surface area contributed by atoms with Crippen molar-refractivity contribution in [3.8, 4) is 28.6 Å². The number of rotatable bonds is 8. The Kier molecular flexibility index (Phi) is 7.07. The van der Waals surface area contributed by atoms with Gasteiger partial charge in [-0.3, -0.25) is 4.79 Å². The van der Waals surface area contributed by atoms with Gasteiger partial charge in [0.1, 0.15) is 25.0 Å². The Hall–Kier alpha value is -4.05. The van der Waals surface area contributed by atoms with Crippen LogP contribution in [-0.4, -0.2) is 36.3 Å². The summed E-state index contributed by atoms with van der Waals surface area (Å²) in [4.78, 5) is 22.8. The first-order chi connectivity index (χ1) is 15.0. The second kappa shape index (κ2) is 10.1. The topological polar surface area (TPSA) is 90.6 Å². The molecular formula is C24H22N2O5. The van der Waals surface area contributed by atoms with Crippen molar-refractivity contribution in [3.05, 3.63) is 72.1 Å². The fourth-order valence-corrected chi connectivity index (χ4v) is 3.04. The average Bonchev–Trinajstić information content (AvgIpc) is 3.21. The minimum absolute atomic E-state index is 0.141. The van der Waals surface area contributed by atoms with Crippen LogP contribution >= 0.6 is 0 Å². The van der Waals surface area contributed by atoms with E-state index in [2.05, 4.69) is 6.07 Å². The summed E-state index contributed by atoms with van der Waals surface area (Å²) >= 11 is 0. The van der Waals surface area contributed by atoms with E-state index in [-0.39, 0.29) is 25.2 Å². The van der Waals surface area contributed by atoms with Crippen LogP contribution in [0.15, 0.2) is 60.9 Å². The predicted octanol–water partition coefficient (Wildman–Crippen LogP) is 4.13. The molecule has 7 nitrogen and oxygen atoms in total. The van der Waals surface area contributed by atoms with E-state index in [1.54, 1.807) is 43.5 Å². The fourth-order valence-electron chi connectivity index (χ4n) is 3.04. The molecule has 1 heterocycles. The van der Waals surface area contributed by atoms with E-state index in [9.17, 15) is 14.9 Å². The summed E-state index contributed by atoms with van der Waals surface area (Å²) < 4.78 is 17.5. The number of benzene rings is 2. The van der Waals surface area contributed by atoms with E-state index in [1.807, 2.05) is 29.0 Å². The van der Waals surface area contributed by atoms with Gasteiger partial charge in [-0.05, 0) is 37.3 Å². The van der Waals surface area contributed by atoms with Gasteiger partial charge in [0.15, 0.2) is 0 Å². The van der Waals surface area contributed by atoms with E-state index in [0.29, 0.717) is 29.0 Å². The van der Waals surface area contributed by atoms with Crippen molar-refractivity contribution in [3.63, 3.8) is 0 Å². The molecule has 0 atom stereocenters. The quantitative estimate of drug-likeness (QED) is 0.403. The van der Waals surface area contributed by atoms with Crippen LogP contribution in [0.2, 0.25) is 0 Å². The second-order valence-electron chi connectivity index (χ2n) is 6.56. The van der Waals surface area contributed by atoms with E-state index < -0.39 is 0 Å². The number of nitrogens with zero attached hydrogens (tertiary/aromatic N) is 2. The molecule has 0 N–H and O–H groups in total. The molecule has 7 heteroatoms. The molecule has 1 aromatic heterocycles. The molecule has 0 aliphatic heterocycles. The lowest BCUT2D eigenvalue weighted by Crippen LogP contribution is -2.09. The third kappa shape index (κ3) is 5.31. The highest BCUT2D eigenvalue weighted by molar-refractivity contribution is 5.89. The molecule has 2 aromatic carbocycles. The van der Waals surface area contributed by atoms with Crippen LogP contribution < -0.4 is 4.74 Å². The summed E-state index contributed by atoms with van der Waals surface area (Å²) in [7, 11) is 0. The monoisotopic (exact) mass is 418 g/mol. The fraction of sp³-hybridized carbons (Fsp3) is 0.208. The van der Waals surface area contributed by atoms with Gasteiger partial charge in [0.05, 0.1) is 17.7 Å². The maximum Gasteiger partial charge on any atom is 0.338 e. The van der Waals surface area contributed by atoms with Crippen molar-refractivity contribution in [2.45, 2.75) is 13.8 Å². The number of carbonyl (C=O) groups excluding carboxylic acids is 2. The van der Waals surface area contributed by atoms with Crippen LogP contribution in [0.1, 0.15) is 29.8 Å². The van der Waals surface area contributed by atoms with E-state index in [0.717, 1.165) is 11.3 Å². The molecule has 0 amide bonds. The first-order valence-electron chi connectivity index (χ1n) is 9.78. The van der Waals surface area contributed by atoms with Gasteiger partial charge in [0, 0.05) is 36.1 Å². The van der Waals surface area contributed by atoms with Crippen molar-refractivity contribution in [1.82, 2.24) is 4.57 Å². The average molecular weight is 418 g/mol. The molecule has 0 fully saturated rings. The standard InChI is InChI=1S/C24H22N2O5/c1-3-29-24(28)18-8-10-20(11-9-18)26-15-19(14-25)22(16-26)21-6-4-5-7-23(21)31-13-12-30-17(2)27/h4-11,15-16H,3,12-13H2,1-2H3. The molecule has 0 unspecified atom stereocenters. The summed E-state index contributed by atoms with van der Waals surface area (Å²) in [6, 6.07) is 16.5. The van der Waals surface area contributed by atoms with Crippen LogP contribution in [0.25, 0.3) is 16.8 Å². The second-order valence-corrected chi connectivity index (χ2v) is 6.56. The minimum Gasteiger partial charge on any atom is -0.489 e. The normalized spacial score (nSPS) is 10.2. The summed E-state index contributed by atoms with van der Waals surface area (Å²) in [5.41, 5.74) is 3.20. The van der Waals surface area contributed by atoms with Crippen molar-refractivity contribution >= 4 is 11.9 Å². The van der Waals surface area contributed by atoms with Gasteiger partial charge in [-0.1, -0.05) is 18.2 Å². The van der Waals surface area contributed by atoms with Crippen LogP contribution in [-0.2, 0) is 14.3 Å². The molecule has 158 valence electrons. The molecule has 0 bridgehead atoms. The Bertz CT molecular complexity index is 1110. The predicted molar refractivity (Wildman–Crippen MR) is 114 cm³/mol. The highest BCUT2D eigenvalue weighted by Crippen LogP contribution is 2.33. The van der Waals surface area contributed by atoms with E-state index in [4.69, 9.17) is 14.2 Å². The first kappa shape index (κ1) is 21.7. The van der Waals surface area contributed by atoms with Gasteiger partial charge in [-0.25, -0.2) is 4.79 Å². The number of nitriles is 1. The first-order valence-corrected chi connectivity index (χ1v) is 9.78. The molecular weight excluding hydrogens is 396 g/mol. The Morgan fingerprint density at radius 2 is 1.71 bits per heavy atom. The smallest absolute Gasteiger partial charge is 0.338 e. The van der Waals surface area contributed by atoms with Gasteiger partial charge in [-0.2, -0.15) is 5.26 Å². The number of hydrogen-bond acceptors (Lipinski definition) is 6. The Balaban J connectivity index is 1.87. The molecule has 3 aromatic rings. The van der Waals surface area contributed by atoms with Gasteiger partial charge >= 0.3 is 11.9 Å². The Morgan fingerprint density at radius 1 is 0.968 bits per heavy atom. The summed E-state index contributed by atoms with van der Waals surface area (Å²) in [6.45, 7) is 3.76. The molecule has 0 aliphatic rings. The van der Waals surface area contributed by atoms with Crippen molar-refractivity contribution < 1.29 is 23.8 Å². The molecule has 0 saturated carbocycles. The maximum atomic E-state index is 11.9. The van der Waals surface area contributed by atoms with Gasteiger partial charge in [-0.15, -0.1) is 0 Å². The molecule has 31 heavy (non-hydrogen) atoms. The summed E-state index contributed by atoms with van der Waals surface area (Å²) in [5.74, 6) is -0.156. The number of aromatic nitrogens is 1. The van der Waals surface area contributed by atoms with Crippen LogP contribution in [0.4, 0.5) is 0 Å². The SMILES string of the molecule is CCOC(=O)c1ccc(-n2cc(C#N)c(-c3ccccc3OCCOC(C)=O)c2)cc1. The van der Waals surface area contributed by atoms with E-state index >= 15 is 0 Å². The lowest BCUT2D eigenvalue weighted by molar-refractivity contribution is -0.141. The highest BCUT2D eigenvalue weighted by Gasteiger charge is 2.15. The Morgan fingerprint density at radius 3 is 2.39 bits per heavy atom. The van der Waals surface area contributed by atoms with Crippen molar-refractivity contribution in [1.29, 1.82) is 5.26 Å². The lowest BCUT2D eigenvalue weighted by Gasteiger charge is -2.11. The number of ether oxygens (including phenoxy) is 3. The number of para-hydroxylation sites is 1. The molecule has 0 saturated heterocycles. The Labute approximate surface area is 180 Å². The van der Waals surface area contributed by atoms with Gasteiger partial charge < -0.3 is 18.8 Å². The molecule has 3 rings (SSSR count). The van der Waals surface area contributed by atoms with Crippen molar-refractivity contribution in [2.24, 2.45) is 0 Å². The zero-order valence-corrected chi connectivity index (χ0v) is 17.3. The maximum absolute atomic E-state index is 11.9.